The normalized spacial score (nSPS) is 10.4. The second-order valence-electron chi connectivity index (χ2n) is 6.32. The first-order chi connectivity index (χ1) is 15.1. The maximum Gasteiger partial charge on any atom is 0.340 e. The van der Waals surface area contributed by atoms with E-state index in [1.807, 2.05) is 43.3 Å². The Kier molecular flexibility index (Phi) is 8.00. The Morgan fingerprint density at radius 2 is 1.71 bits per heavy atom. The quantitative estimate of drug-likeness (QED) is 0.391. The van der Waals surface area contributed by atoms with E-state index in [9.17, 15) is 9.59 Å². The van der Waals surface area contributed by atoms with Gasteiger partial charge in [0.2, 0.25) is 5.91 Å². The van der Waals surface area contributed by atoms with Crippen molar-refractivity contribution in [1.82, 2.24) is 10.2 Å². The van der Waals surface area contributed by atoms with Gasteiger partial charge in [-0.1, -0.05) is 23.9 Å². The minimum absolute atomic E-state index is 0.133. The molecule has 0 unspecified atom stereocenters. The van der Waals surface area contributed by atoms with E-state index < -0.39 is 5.97 Å². The maximum atomic E-state index is 12.3. The molecule has 1 N–H and O–H groups in total. The van der Waals surface area contributed by atoms with E-state index in [0.717, 1.165) is 17.0 Å². The SMILES string of the molecule is CCOC(=O)c1ccccc1NC(=O)CSc1ccc(-c2ccc(OCC)cc2)nn1. The van der Waals surface area contributed by atoms with Gasteiger partial charge in [0.1, 0.15) is 10.8 Å². The van der Waals surface area contributed by atoms with E-state index in [1.165, 1.54) is 11.8 Å². The second kappa shape index (κ2) is 11.1. The van der Waals surface area contributed by atoms with Gasteiger partial charge < -0.3 is 14.8 Å². The van der Waals surface area contributed by atoms with Gasteiger partial charge >= 0.3 is 5.97 Å². The van der Waals surface area contributed by atoms with Crippen LogP contribution in [0.15, 0.2) is 65.7 Å². The zero-order valence-electron chi connectivity index (χ0n) is 17.3. The van der Waals surface area contributed by atoms with E-state index in [1.54, 1.807) is 31.2 Å². The number of carbonyl (C=O) groups excluding carboxylic acids is 2. The monoisotopic (exact) mass is 437 g/mol. The zero-order chi connectivity index (χ0) is 22.1. The third kappa shape index (κ3) is 6.29. The Labute approximate surface area is 185 Å². The number of anilines is 1. The van der Waals surface area contributed by atoms with Gasteiger partial charge in [-0.25, -0.2) is 4.79 Å². The number of ether oxygens (including phenoxy) is 2. The molecule has 0 fully saturated rings. The van der Waals surface area contributed by atoms with Crippen LogP contribution in [0, 0.1) is 0 Å². The molecule has 0 saturated heterocycles. The molecule has 0 radical (unpaired) electrons. The van der Waals surface area contributed by atoms with Crippen LogP contribution in [0.1, 0.15) is 24.2 Å². The Hall–Kier alpha value is -3.39. The zero-order valence-corrected chi connectivity index (χ0v) is 18.1. The van der Waals surface area contributed by atoms with Crippen LogP contribution in [-0.4, -0.2) is 41.0 Å². The first kappa shape index (κ1) is 22.3. The molecule has 3 rings (SSSR count). The summed E-state index contributed by atoms with van der Waals surface area (Å²) in [5.41, 5.74) is 2.41. The molecule has 0 atom stereocenters. The summed E-state index contributed by atoms with van der Waals surface area (Å²) in [5, 5.41) is 11.8. The van der Waals surface area contributed by atoms with Crippen LogP contribution in [0.3, 0.4) is 0 Å². The average Bonchev–Trinajstić information content (AvgIpc) is 2.79. The van der Waals surface area contributed by atoms with Crippen molar-refractivity contribution in [3.63, 3.8) is 0 Å². The van der Waals surface area contributed by atoms with Gasteiger partial charge in [-0.2, -0.15) is 0 Å². The number of nitrogens with one attached hydrogen (secondary N) is 1. The van der Waals surface area contributed by atoms with Crippen molar-refractivity contribution < 1.29 is 19.1 Å². The van der Waals surface area contributed by atoms with Crippen LogP contribution in [0.5, 0.6) is 5.75 Å². The summed E-state index contributed by atoms with van der Waals surface area (Å²) in [6.45, 7) is 4.56. The number of hydrogen-bond donors (Lipinski definition) is 1. The van der Waals surface area contributed by atoms with E-state index in [0.29, 0.717) is 22.9 Å². The lowest BCUT2D eigenvalue weighted by Gasteiger charge is -2.10. The number of para-hydroxylation sites is 1. The molecular weight excluding hydrogens is 414 g/mol. The van der Waals surface area contributed by atoms with Crippen molar-refractivity contribution in [3.8, 4) is 17.0 Å². The first-order valence-electron chi connectivity index (χ1n) is 9.86. The summed E-state index contributed by atoms with van der Waals surface area (Å²) in [6.07, 6.45) is 0. The lowest BCUT2D eigenvalue weighted by molar-refractivity contribution is -0.113. The number of carbonyl (C=O) groups is 2. The molecule has 8 heteroatoms. The van der Waals surface area contributed by atoms with E-state index in [-0.39, 0.29) is 18.3 Å². The molecule has 0 saturated carbocycles. The lowest BCUT2D eigenvalue weighted by atomic mass is 10.1. The molecule has 0 bridgehead atoms. The first-order valence-corrected chi connectivity index (χ1v) is 10.8. The van der Waals surface area contributed by atoms with Crippen LogP contribution < -0.4 is 10.1 Å². The molecule has 0 aliphatic carbocycles. The fourth-order valence-corrected chi connectivity index (χ4v) is 3.36. The minimum Gasteiger partial charge on any atom is -0.494 e. The summed E-state index contributed by atoms with van der Waals surface area (Å²) in [6, 6.07) is 18.1. The number of thioether (sulfide) groups is 1. The van der Waals surface area contributed by atoms with E-state index >= 15 is 0 Å². The number of benzene rings is 2. The molecule has 160 valence electrons. The Morgan fingerprint density at radius 3 is 2.39 bits per heavy atom. The van der Waals surface area contributed by atoms with Crippen molar-refractivity contribution in [2.45, 2.75) is 18.9 Å². The minimum atomic E-state index is -0.471. The van der Waals surface area contributed by atoms with Crippen LogP contribution in [0.4, 0.5) is 5.69 Å². The molecule has 2 aromatic carbocycles. The Bertz CT molecular complexity index is 1020. The Balaban J connectivity index is 1.57. The van der Waals surface area contributed by atoms with Gasteiger partial charge in [-0.3, -0.25) is 4.79 Å². The molecule has 31 heavy (non-hydrogen) atoms. The fourth-order valence-electron chi connectivity index (χ4n) is 2.74. The van der Waals surface area contributed by atoms with Crippen molar-refractivity contribution in [1.29, 1.82) is 0 Å². The van der Waals surface area contributed by atoms with Crippen molar-refractivity contribution in [3.05, 3.63) is 66.2 Å². The summed E-state index contributed by atoms with van der Waals surface area (Å²) in [7, 11) is 0. The number of esters is 1. The van der Waals surface area contributed by atoms with Gasteiger partial charge in [0, 0.05) is 5.56 Å². The molecule has 0 aliphatic heterocycles. The molecule has 1 amide bonds. The third-order valence-corrected chi connectivity index (χ3v) is 5.07. The molecule has 7 nitrogen and oxygen atoms in total. The van der Waals surface area contributed by atoms with E-state index in [2.05, 4.69) is 15.5 Å². The van der Waals surface area contributed by atoms with Crippen molar-refractivity contribution in [2.24, 2.45) is 0 Å². The molecule has 1 heterocycles. The predicted molar refractivity (Wildman–Crippen MR) is 120 cm³/mol. The van der Waals surface area contributed by atoms with Crippen LogP contribution in [0.25, 0.3) is 11.3 Å². The molecule has 3 aromatic rings. The van der Waals surface area contributed by atoms with Gasteiger partial charge in [0.05, 0.1) is 35.9 Å². The van der Waals surface area contributed by atoms with Gasteiger partial charge in [-0.05, 0) is 62.4 Å². The largest absolute Gasteiger partial charge is 0.494 e. The summed E-state index contributed by atoms with van der Waals surface area (Å²) in [5.74, 6) is 0.219. The van der Waals surface area contributed by atoms with Crippen LogP contribution in [-0.2, 0) is 9.53 Å². The highest BCUT2D eigenvalue weighted by molar-refractivity contribution is 7.99. The van der Waals surface area contributed by atoms with Crippen molar-refractivity contribution in [2.75, 3.05) is 24.3 Å². The molecule has 1 aromatic heterocycles. The van der Waals surface area contributed by atoms with E-state index in [4.69, 9.17) is 9.47 Å². The van der Waals surface area contributed by atoms with Gasteiger partial charge in [-0.15, -0.1) is 10.2 Å². The molecule has 0 aliphatic rings. The highest BCUT2D eigenvalue weighted by Gasteiger charge is 2.14. The smallest absolute Gasteiger partial charge is 0.340 e. The highest BCUT2D eigenvalue weighted by atomic mass is 32.2. The van der Waals surface area contributed by atoms with Crippen LogP contribution in [0.2, 0.25) is 0 Å². The van der Waals surface area contributed by atoms with Crippen LogP contribution >= 0.6 is 11.8 Å². The topological polar surface area (TPSA) is 90.4 Å². The molecule has 0 spiro atoms. The summed E-state index contributed by atoms with van der Waals surface area (Å²) < 4.78 is 10.5. The average molecular weight is 438 g/mol. The van der Waals surface area contributed by atoms with Gasteiger partial charge in [0.25, 0.3) is 0 Å². The lowest BCUT2D eigenvalue weighted by Crippen LogP contribution is -2.17. The number of nitrogens with zero attached hydrogens (tertiary/aromatic N) is 2. The Morgan fingerprint density at radius 1 is 0.935 bits per heavy atom. The standard InChI is InChI=1S/C23H23N3O4S/c1-3-29-17-11-9-16(10-12-17)19-13-14-22(26-25-19)31-15-21(27)24-20-8-6-5-7-18(20)23(28)30-4-2/h5-14H,3-4,15H2,1-2H3,(H,24,27). The summed E-state index contributed by atoms with van der Waals surface area (Å²) >= 11 is 1.26. The highest BCUT2D eigenvalue weighted by Crippen LogP contribution is 2.23. The number of amides is 1. The second-order valence-corrected chi connectivity index (χ2v) is 7.31. The number of hydrogen-bond acceptors (Lipinski definition) is 7. The molecular formula is C23H23N3O4S. The van der Waals surface area contributed by atoms with Gasteiger partial charge in [0.15, 0.2) is 0 Å². The maximum absolute atomic E-state index is 12.3. The number of aromatic nitrogens is 2. The number of rotatable bonds is 9. The van der Waals surface area contributed by atoms with Crippen molar-refractivity contribution >= 4 is 29.3 Å². The third-order valence-electron chi connectivity index (χ3n) is 4.15. The summed E-state index contributed by atoms with van der Waals surface area (Å²) in [4.78, 5) is 24.4. The predicted octanol–water partition coefficient (Wildman–Crippen LogP) is 4.45. The fraction of sp³-hybridized carbons (Fsp3) is 0.217.